The average Bonchev–Trinajstić information content (AvgIpc) is 2.70. The van der Waals surface area contributed by atoms with E-state index >= 15 is 0 Å². The van der Waals surface area contributed by atoms with Crippen LogP contribution in [0, 0.1) is 5.82 Å². The highest BCUT2D eigenvalue weighted by Crippen LogP contribution is 2.40. The first-order chi connectivity index (χ1) is 8.13. The van der Waals surface area contributed by atoms with Crippen LogP contribution in [0.15, 0.2) is 18.2 Å². The smallest absolute Gasteiger partial charge is 0.307 e. The molecule has 0 saturated carbocycles. The third kappa shape index (κ3) is 1.93. The van der Waals surface area contributed by atoms with Gasteiger partial charge in [-0.2, -0.15) is 0 Å². The molecule has 2 rings (SSSR count). The van der Waals surface area contributed by atoms with Crippen LogP contribution in [0.2, 0.25) is 0 Å². The molecule has 1 aliphatic rings. The molecular formula is C13H16FNO2. The van der Waals surface area contributed by atoms with Gasteiger partial charge in [0.05, 0.1) is 19.1 Å². The summed E-state index contributed by atoms with van der Waals surface area (Å²) in [7, 11) is 3.16. The Bertz CT molecular complexity index is 447. The molecule has 0 spiro atoms. The number of nitrogens with one attached hydrogen (secondary N) is 1. The maximum absolute atomic E-state index is 13.6. The van der Waals surface area contributed by atoms with Crippen molar-refractivity contribution in [1.82, 2.24) is 5.32 Å². The largest absolute Gasteiger partial charge is 0.469 e. The second-order valence-corrected chi connectivity index (χ2v) is 4.35. The highest BCUT2D eigenvalue weighted by molar-refractivity contribution is 5.71. The monoisotopic (exact) mass is 237 g/mol. The van der Waals surface area contributed by atoms with Gasteiger partial charge in [-0.05, 0) is 37.1 Å². The summed E-state index contributed by atoms with van der Waals surface area (Å²) in [6.07, 6.45) is 1.60. The lowest BCUT2D eigenvalue weighted by Crippen LogP contribution is -2.40. The van der Waals surface area contributed by atoms with E-state index in [1.165, 1.54) is 13.2 Å². The molecule has 1 atom stereocenters. The quantitative estimate of drug-likeness (QED) is 0.814. The number of carbonyl (C=O) groups excluding carboxylic acids is 1. The number of ether oxygens (including phenoxy) is 1. The third-order valence-corrected chi connectivity index (χ3v) is 3.59. The van der Waals surface area contributed by atoms with Gasteiger partial charge in [0.1, 0.15) is 5.82 Å². The second-order valence-electron chi connectivity index (χ2n) is 4.35. The van der Waals surface area contributed by atoms with E-state index in [4.69, 9.17) is 4.74 Å². The molecule has 92 valence electrons. The van der Waals surface area contributed by atoms with E-state index in [0.717, 1.165) is 12.0 Å². The molecule has 1 aliphatic carbocycles. The van der Waals surface area contributed by atoms with Crippen molar-refractivity contribution in [2.45, 2.75) is 24.8 Å². The number of benzene rings is 1. The molecule has 0 saturated heterocycles. The number of esters is 1. The van der Waals surface area contributed by atoms with E-state index in [2.05, 4.69) is 5.32 Å². The van der Waals surface area contributed by atoms with Crippen LogP contribution in [-0.2, 0) is 21.5 Å². The van der Waals surface area contributed by atoms with Gasteiger partial charge in [-0.25, -0.2) is 4.39 Å². The van der Waals surface area contributed by atoms with Crippen molar-refractivity contribution in [2.75, 3.05) is 14.2 Å². The molecule has 4 heteroatoms. The lowest BCUT2D eigenvalue weighted by atomic mass is 9.88. The summed E-state index contributed by atoms with van der Waals surface area (Å²) in [4.78, 5) is 11.5. The molecule has 0 radical (unpaired) electrons. The van der Waals surface area contributed by atoms with Crippen LogP contribution in [0.4, 0.5) is 4.39 Å². The molecule has 17 heavy (non-hydrogen) atoms. The molecule has 1 N–H and O–H groups in total. The van der Waals surface area contributed by atoms with Gasteiger partial charge < -0.3 is 10.1 Å². The van der Waals surface area contributed by atoms with E-state index < -0.39 is 5.54 Å². The van der Waals surface area contributed by atoms with Crippen molar-refractivity contribution in [3.05, 3.63) is 35.1 Å². The molecule has 0 bridgehead atoms. The van der Waals surface area contributed by atoms with Crippen LogP contribution >= 0.6 is 0 Å². The number of hydrogen-bond acceptors (Lipinski definition) is 3. The van der Waals surface area contributed by atoms with Gasteiger partial charge in [0.15, 0.2) is 0 Å². The number of halogens is 1. The number of rotatable bonds is 3. The average molecular weight is 237 g/mol. The Morgan fingerprint density at radius 1 is 1.59 bits per heavy atom. The first kappa shape index (κ1) is 12.0. The highest BCUT2D eigenvalue weighted by atomic mass is 19.1. The van der Waals surface area contributed by atoms with Gasteiger partial charge in [0.25, 0.3) is 0 Å². The zero-order valence-corrected chi connectivity index (χ0v) is 10.0. The molecule has 1 unspecified atom stereocenters. The molecule has 1 aromatic rings. The first-order valence-electron chi connectivity index (χ1n) is 5.66. The van der Waals surface area contributed by atoms with Gasteiger partial charge in [0.2, 0.25) is 0 Å². The lowest BCUT2D eigenvalue weighted by molar-refractivity contribution is -0.142. The lowest BCUT2D eigenvalue weighted by Gasteiger charge is -2.29. The van der Waals surface area contributed by atoms with E-state index in [0.29, 0.717) is 12.0 Å². The summed E-state index contributed by atoms with van der Waals surface area (Å²) >= 11 is 0. The van der Waals surface area contributed by atoms with Crippen LogP contribution in [0.1, 0.15) is 24.0 Å². The van der Waals surface area contributed by atoms with E-state index in [-0.39, 0.29) is 18.2 Å². The fourth-order valence-electron chi connectivity index (χ4n) is 2.58. The SMILES string of the molecule is CNC1(CC(=O)OC)CCc2c(F)cccc21. The predicted molar refractivity (Wildman–Crippen MR) is 62.1 cm³/mol. The van der Waals surface area contributed by atoms with Crippen molar-refractivity contribution >= 4 is 5.97 Å². The van der Waals surface area contributed by atoms with Crippen molar-refractivity contribution in [2.24, 2.45) is 0 Å². The van der Waals surface area contributed by atoms with Crippen LogP contribution in [0.5, 0.6) is 0 Å². The minimum absolute atomic E-state index is 0.190. The summed E-state index contributed by atoms with van der Waals surface area (Å²) in [6.45, 7) is 0. The van der Waals surface area contributed by atoms with E-state index in [9.17, 15) is 9.18 Å². The van der Waals surface area contributed by atoms with Crippen LogP contribution < -0.4 is 5.32 Å². The van der Waals surface area contributed by atoms with Crippen LogP contribution in [-0.4, -0.2) is 20.1 Å². The topological polar surface area (TPSA) is 38.3 Å². The van der Waals surface area contributed by atoms with Gasteiger partial charge >= 0.3 is 5.97 Å². The molecule has 0 aliphatic heterocycles. The minimum atomic E-state index is -0.482. The fraction of sp³-hybridized carbons (Fsp3) is 0.462. The Kier molecular flexibility index (Phi) is 3.15. The number of methoxy groups -OCH3 is 1. The normalized spacial score (nSPS) is 22.3. The number of hydrogen-bond donors (Lipinski definition) is 1. The van der Waals surface area contributed by atoms with Gasteiger partial charge in [-0.15, -0.1) is 0 Å². The summed E-state index contributed by atoms with van der Waals surface area (Å²) in [5.41, 5.74) is 1.11. The Labute approximate surface area is 100.0 Å². The van der Waals surface area contributed by atoms with Crippen LogP contribution in [0.25, 0.3) is 0 Å². The van der Waals surface area contributed by atoms with Crippen molar-refractivity contribution in [1.29, 1.82) is 0 Å². The number of carbonyl (C=O) groups is 1. The van der Waals surface area contributed by atoms with E-state index in [1.807, 2.05) is 6.07 Å². The molecule has 0 aromatic heterocycles. The highest BCUT2D eigenvalue weighted by Gasteiger charge is 2.40. The zero-order valence-electron chi connectivity index (χ0n) is 10.0. The molecule has 3 nitrogen and oxygen atoms in total. The predicted octanol–water partition coefficient (Wildman–Crippen LogP) is 1.75. The third-order valence-electron chi connectivity index (χ3n) is 3.59. The molecule has 1 aromatic carbocycles. The standard InChI is InChI=1S/C13H16FNO2/c1-15-13(8-12(16)17-2)7-6-9-10(13)4-3-5-11(9)14/h3-5,15H,6-8H2,1-2H3. The fourth-order valence-corrected chi connectivity index (χ4v) is 2.58. The van der Waals surface area contributed by atoms with Gasteiger partial charge in [-0.3, -0.25) is 4.79 Å². The molecular weight excluding hydrogens is 221 g/mol. The Hall–Kier alpha value is -1.42. The second kappa shape index (κ2) is 4.45. The Morgan fingerprint density at radius 2 is 2.35 bits per heavy atom. The maximum Gasteiger partial charge on any atom is 0.307 e. The Balaban J connectivity index is 2.40. The van der Waals surface area contributed by atoms with Crippen molar-refractivity contribution in [3.63, 3.8) is 0 Å². The minimum Gasteiger partial charge on any atom is -0.469 e. The maximum atomic E-state index is 13.6. The molecule has 0 amide bonds. The Morgan fingerprint density at radius 3 is 3.00 bits per heavy atom. The van der Waals surface area contributed by atoms with E-state index in [1.54, 1.807) is 13.1 Å². The van der Waals surface area contributed by atoms with Crippen LogP contribution in [0.3, 0.4) is 0 Å². The zero-order chi connectivity index (χ0) is 12.5. The molecule has 0 heterocycles. The summed E-state index contributed by atoms with van der Waals surface area (Å²) < 4.78 is 18.4. The van der Waals surface area contributed by atoms with Gasteiger partial charge in [0, 0.05) is 0 Å². The molecule has 0 fully saturated rings. The summed E-state index contributed by atoms with van der Waals surface area (Å²) in [5, 5.41) is 3.16. The van der Waals surface area contributed by atoms with Gasteiger partial charge in [-0.1, -0.05) is 12.1 Å². The van der Waals surface area contributed by atoms with Crippen molar-refractivity contribution < 1.29 is 13.9 Å². The summed E-state index contributed by atoms with van der Waals surface area (Å²) in [6, 6.07) is 5.02. The first-order valence-corrected chi connectivity index (χ1v) is 5.66. The number of fused-ring (bicyclic) bond motifs is 1. The van der Waals surface area contributed by atoms with Crippen molar-refractivity contribution in [3.8, 4) is 0 Å². The summed E-state index contributed by atoms with van der Waals surface area (Å²) in [5.74, 6) is -0.471.